The third-order valence-corrected chi connectivity index (χ3v) is 4.11. The fourth-order valence-electron chi connectivity index (χ4n) is 2.57. The number of benzene rings is 1. The highest BCUT2D eigenvalue weighted by Gasteiger charge is 2.16. The summed E-state index contributed by atoms with van der Waals surface area (Å²) in [4.78, 5) is 15.9. The number of piperazine rings is 1. The molecule has 0 bridgehead atoms. The Bertz CT molecular complexity index is 443. The van der Waals surface area contributed by atoms with E-state index in [-0.39, 0.29) is 5.91 Å². The van der Waals surface area contributed by atoms with Crippen molar-refractivity contribution < 1.29 is 4.79 Å². The van der Waals surface area contributed by atoms with Crippen LogP contribution in [0.3, 0.4) is 0 Å². The number of hydrazine groups is 1. The van der Waals surface area contributed by atoms with Gasteiger partial charge in [0.25, 0.3) is 0 Å². The normalized spacial score (nSPS) is 16.0. The van der Waals surface area contributed by atoms with Gasteiger partial charge < -0.3 is 4.90 Å². The minimum Gasteiger partial charge on any atom is -0.369 e. The standard InChI is InChI=1S/C15H23ClN4O/c16-13-4-6-14(7-5-13)20-11-9-19(10-12-20)8-2-1-3-15(21)18-17/h4-7H,1-3,8-12,17H2,(H,18,21). The van der Waals surface area contributed by atoms with Gasteiger partial charge in [0, 0.05) is 43.3 Å². The second-order valence-electron chi connectivity index (χ2n) is 5.33. The van der Waals surface area contributed by atoms with Crippen LogP contribution in [0.15, 0.2) is 24.3 Å². The van der Waals surface area contributed by atoms with Gasteiger partial charge in [-0.15, -0.1) is 0 Å². The summed E-state index contributed by atoms with van der Waals surface area (Å²) in [5.74, 6) is 4.97. The van der Waals surface area contributed by atoms with Crippen molar-refractivity contribution in [3.8, 4) is 0 Å². The Labute approximate surface area is 131 Å². The number of nitrogens with one attached hydrogen (secondary N) is 1. The molecule has 0 saturated carbocycles. The van der Waals surface area contributed by atoms with E-state index in [0.29, 0.717) is 6.42 Å². The summed E-state index contributed by atoms with van der Waals surface area (Å²) < 4.78 is 0. The summed E-state index contributed by atoms with van der Waals surface area (Å²) in [7, 11) is 0. The molecular formula is C15H23ClN4O. The van der Waals surface area contributed by atoms with Crippen LogP contribution in [0.2, 0.25) is 5.02 Å². The largest absolute Gasteiger partial charge is 0.369 e. The lowest BCUT2D eigenvalue weighted by atomic mass is 10.2. The van der Waals surface area contributed by atoms with Crippen LogP contribution in [0.4, 0.5) is 5.69 Å². The number of anilines is 1. The molecule has 2 rings (SSSR count). The van der Waals surface area contributed by atoms with Crippen molar-refractivity contribution in [2.24, 2.45) is 5.84 Å². The molecule has 0 radical (unpaired) electrons. The average molecular weight is 311 g/mol. The zero-order chi connectivity index (χ0) is 15.1. The molecule has 5 nitrogen and oxygen atoms in total. The molecule has 1 aromatic rings. The van der Waals surface area contributed by atoms with Crippen LogP contribution in [-0.4, -0.2) is 43.5 Å². The highest BCUT2D eigenvalue weighted by atomic mass is 35.5. The molecular weight excluding hydrogens is 288 g/mol. The van der Waals surface area contributed by atoms with Gasteiger partial charge in [0.05, 0.1) is 0 Å². The number of rotatable bonds is 6. The van der Waals surface area contributed by atoms with Crippen molar-refractivity contribution in [1.29, 1.82) is 0 Å². The second kappa shape index (κ2) is 8.22. The minimum absolute atomic E-state index is 0.0810. The molecule has 1 aliphatic heterocycles. The fraction of sp³-hybridized carbons (Fsp3) is 0.533. The SMILES string of the molecule is NNC(=O)CCCCN1CCN(c2ccc(Cl)cc2)CC1. The molecule has 0 unspecified atom stereocenters. The Kier molecular flexibility index (Phi) is 6.29. The Hall–Kier alpha value is -1.30. The summed E-state index contributed by atoms with van der Waals surface area (Å²) in [6, 6.07) is 8.02. The number of halogens is 1. The van der Waals surface area contributed by atoms with Crippen molar-refractivity contribution in [3.63, 3.8) is 0 Å². The number of carbonyl (C=O) groups excluding carboxylic acids is 1. The molecule has 6 heteroatoms. The number of hydrogen-bond donors (Lipinski definition) is 2. The van der Waals surface area contributed by atoms with Crippen LogP contribution in [0, 0.1) is 0 Å². The van der Waals surface area contributed by atoms with E-state index in [1.165, 1.54) is 5.69 Å². The summed E-state index contributed by atoms with van der Waals surface area (Å²) >= 11 is 5.91. The molecule has 0 aliphatic carbocycles. The van der Waals surface area contributed by atoms with Gasteiger partial charge in [-0.2, -0.15) is 0 Å². The lowest BCUT2D eigenvalue weighted by Crippen LogP contribution is -2.46. The fourth-order valence-corrected chi connectivity index (χ4v) is 2.70. The lowest BCUT2D eigenvalue weighted by molar-refractivity contribution is -0.121. The highest BCUT2D eigenvalue weighted by molar-refractivity contribution is 6.30. The third kappa shape index (κ3) is 5.19. The maximum atomic E-state index is 11.0. The quantitative estimate of drug-likeness (QED) is 0.363. The van der Waals surface area contributed by atoms with Gasteiger partial charge in [0.15, 0.2) is 0 Å². The monoisotopic (exact) mass is 310 g/mol. The summed E-state index contributed by atoms with van der Waals surface area (Å²) in [6.45, 7) is 5.24. The highest BCUT2D eigenvalue weighted by Crippen LogP contribution is 2.19. The molecule has 1 aliphatic rings. The van der Waals surface area contributed by atoms with E-state index < -0.39 is 0 Å². The number of nitrogens with zero attached hydrogens (tertiary/aromatic N) is 2. The van der Waals surface area contributed by atoms with Crippen LogP contribution in [0.25, 0.3) is 0 Å². The first-order chi connectivity index (χ1) is 10.2. The average Bonchev–Trinajstić information content (AvgIpc) is 2.52. The molecule has 21 heavy (non-hydrogen) atoms. The van der Waals surface area contributed by atoms with E-state index in [0.717, 1.165) is 50.6 Å². The van der Waals surface area contributed by atoms with E-state index in [4.69, 9.17) is 17.4 Å². The molecule has 0 aromatic heterocycles. The summed E-state index contributed by atoms with van der Waals surface area (Å²) in [5, 5.41) is 0.777. The van der Waals surface area contributed by atoms with Crippen LogP contribution in [0.1, 0.15) is 19.3 Å². The van der Waals surface area contributed by atoms with E-state index >= 15 is 0 Å². The van der Waals surface area contributed by atoms with E-state index in [1.54, 1.807) is 0 Å². The Morgan fingerprint density at radius 2 is 1.81 bits per heavy atom. The summed E-state index contributed by atoms with van der Waals surface area (Å²) in [5.41, 5.74) is 3.40. The summed E-state index contributed by atoms with van der Waals surface area (Å²) in [6.07, 6.45) is 2.44. The Balaban J connectivity index is 1.66. The van der Waals surface area contributed by atoms with Gasteiger partial charge in [0.1, 0.15) is 0 Å². The van der Waals surface area contributed by atoms with Crippen LogP contribution < -0.4 is 16.2 Å². The predicted octanol–water partition coefficient (Wildman–Crippen LogP) is 1.62. The first-order valence-corrected chi connectivity index (χ1v) is 7.79. The zero-order valence-electron chi connectivity index (χ0n) is 12.2. The number of carbonyl (C=O) groups is 1. The molecule has 1 saturated heterocycles. The maximum Gasteiger partial charge on any atom is 0.233 e. The van der Waals surface area contributed by atoms with Crippen LogP contribution >= 0.6 is 11.6 Å². The smallest absolute Gasteiger partial charge is 0.233 e. The topological polar surface area (TPSA) is 61.6 Å². The predicted molar refractivity (Wildman–Crippen MR) is 86.3 cm³/mol. The molecule has 1 amide bonds. The molecule has 1 aromatic carbocycles. The number of unbranched alkanes of at least 4 members (excludes halogenated alkanes) is 1. The van der Waals surface area contributed by atoms with Crippen molar-refractivity contribution in [1.82, 2.24) is 10.3 Å². The van der Waals surface area contributed by atoms with Crippen molar-refractivity contribution in [3.05, 3.63) is 29.3 Å². The minimum atomic E-state index is -0.0810. The van der Waals surface area contributed by atoms with Gasteiger partial charge in [-0.1, -0.05) is 11.6 Å². The molecule has 0 atom stereocenters. The van der Waals surface area contributed by atoms with Gasteiger partial charge in [-0.25, -0.2) is 5.84 Å². The van der Waals surface area contributed by atoms with Crippen LogP contribution in [0.5, 0.6) is 0 Å². The molecule has 0 spiro atoms. The maximum absolute atomic E-state index is 11.0. The number of nitrogens with two attached hydrogens (primary N) is 1. The molecule has 1 heterocycles. The molecule has 3 N–H and O–H groups in total. The van der Waals surface area contributed by atoms with Gasteiger partial charge >= 0.3 is 0 Å². The van der Waals surface area contributed by atoms with E-state index in [9.17, 15) is 4.79 Å². The van der Waals surface area contributed by atoms with Gasteiger partial charge in [0.2, 0.25) is 5.91 Å². The van der Waals surface area contributed by atoms with Crippen molar-refractivity contribution in [2.75, 3.05) is 37.6 Å². The first-order valence-electron chi connectivity index (χ1n) is 7.41. The Morgan fingerprint density at radius 1 is 1.14 bits per heavy atom. The first kappa shape index (κ1) is 16.1. The number of amides is 1. The molecule has 116 valence electrons. The van der Waals surface area contributed by atoms with Crippen molar-refractivity contribution >= 4 is 23.2 Å². The zero-order valence-corrected chi connectivity index (χ0v) is 13.0. The van der Waals surface area contributed by atoms with Gasteiger partial charge in [-0.3, -0.25) is 15.1 Å². The molecule has 1 fully saturated rings. The van der Waals surface area contributed by atoms with E-state index in [2.05, 4.69) is 27.4 Å². The van der Waals surface area contributed by atoms with Crippen LogP contribution in [-0.2, 0) is 4.79 Å². The van der Waals surface area contributed by atoms with E-state index in [1.807, 2.05) is 12.1 Å². The Morgan fingerprint density at radius 3 is 2.43 bits per heavy atom. The lowest BCUT2D eigenvalue weighted by Gasteiger charge is -2.36. The third-order valence-electron chi connectivity index (χ3n) is 3.85. The van der Waals surface area contributed by atoms with Gasteiger partial charge in [-0.05, 0) is 43.7 Å². The second-order valence-corrected chi connectivity index (χ2v) is 5.77. The number of hydrogen-bond acceptors (Lipinski definition) is 4. The van der Waals surface area contributed by atoms with Crippen molar-refractivity contribution in [2.45, 2.75) is 19.3 Å².